The van der Waals surface area contributed by atoms with E-state index in [0.717, 1.165) is 6.26 Å². The number of methoxy groups -OCH3 is 1. The topological polar surface area (TPSA) is 99.6 Å². The molecule has 0 aliphatic heterocycles. The zero-order valence-corrected chi connectivity index (χ0v) is 18.5. The van der Waals surface area contributed by atoms with Crippen molar-refractivity contribution in [3.05, 3.63) is 47.5 Å². The molecule has 0 aliphatic rings. The van der Waals surface area contributed by atoms with Gasteiger partial charge in [-0.15, -0.1) is 0 Å². The van der Waals surface area contributed by atoms with E-state index in [4.69, 9.17) is 25.3 Å². The van der Waals surface area contributed by atoms with Crippen molar-refractivity contribution >= 4 is 44.1 Å². The molecular formula is C20H21ClFN3O5S. The Bertz CT molecular complexity index is 1180. The molecule has 1 N–H and O–H groups in total. The fraction of sp³-hybridized carbons (Fsp3) is 0.300. The third-order valence-corrected chi connectivity index (χ3v) is 5.08. The van der Waals surface area contributed by atoms with Crippen LogP contribution in [0.1, 0.15) is 12.8 Å². The number of fused-ring (bicyclic) bond motifs is 1. The fourth-order valence-corrected chi connectivity index (χ4v) is 3.34. The monoisotopic (exact) mass is 469 g/mol. The maximum atomic E-state index is 13.4. The van der Waals surface area contributed by atoms with Crippen LogP contribution in [-0.2, 0) is 14.3 Å². The first kappa shape index (κ1) is 23.0. The van der Waals surface area contributed by atoms with Crippen LogP contribution >= 0.6 is 11.6 Å². The molecule has 11 heteroatoms. The van der Waals surface area contributed by atoms with Crippen molar-refractivity contribution in [3.63, 3.8) is 0 Å². The van der Waals surface area contributed by atoms with Gasteiger partial charge in [0.25, 0.3) is 10.1 Å². The van der Waals surface area contributed by atoms with E-state index in [1.807, 2.05) is 0 Å². The average Bonchev–Trinajstić information content (AvgIpc) is 2.72. The molecule has 8 nitrogen and oxygen atoms in total. The molecule has 1 heterocycles. The van der Waals surface area contributed by atoms with Gasteiger partial charge in [0.05, 0.1) is 37.1 Å². The summed E-state index contributed by atoms with van der Waals surface area (Å²) in [7, 11) is -1.92. The molecule has 0 atom stereocenters. The van der Waals surface area contributed by atoms with E-state index in [-0.39, 0.29) is 11.6 Å². The number of nitrogens with one attached hydrogen (secondary N) is 1. The Morgan fingerprint density at radius 1 is 1.10 bits per heavy atom. The molecule has 0 bridgehead atoms. The summed E-state index contributed by atoms with van der Waals surface area (Å²) in [6.07, 6.45) is 3.53. The largest absolute Gasteiger partial charge is 0.493 e. The fourth-order valence-electron chi connectivity index (χ4n) is 2.74. The van der Waals surface area contributed by atoms with Crippen LogP contribution in [-0.4, -0.2) is 45.0 Å². The quantitative estimate of drug-likeness (QED) is 0.346. The van der Waals surface area contributed by atoms with Crippen molar-refractivity contribution in [2.75, 3.05) is 31.9 Å². The van der Waals surface area contributed by atoms with Gasteiger partial charge in [-0.25, -0.2) is 14.4 Å². The minimum Gasteiger partial charge on any atom is -0.493 e. The van der Waals surface area contributed by atoms with Gasteiger partial charge in [-0.1, -0.05) is 11.6 Å². The molecule has 2 aromatic carbocycles. The van der Waals surface area contributed by atoms with Gasteiger partial charge in [-0.3, -0.25) is 4.18 Å². The lowest BCUT2D eigenvalue weighted by Gasteiger charge is -2.14. The zero-order chi connectivity index (χ0) is 22.4. The maximum Gasteiger partial charge on any atom is 0.264 e. The normalized spacial score (nSPS) is 11.5. The number of ether oxygens (including phenoxy) is 2. The number of nitrogens with zero attached hydrogens (tertiary/aromatic N) is 2. The van der Waals surface area contributed by atoms with Crippen molar-refractivity contribution < 1.29 is 26.5 Å². The summed E-state index contributed by atoms with van der Waals surface area (Å²) in [5.41, 5.74) is 1.18. The van der Waals surface area contributed by atoms with Crippen molar-refractivity contribution in [2.45, 2.75) is 12.8 Å². The highest BCUT2D eigenvalue weighted by Gasteiger charge is 2.12. The minimum absolute atomic E-state index is 0.00133. The molecule has 31 heavy (non-hydrogen) atoms. The highest BCUT2D eigenvalue weighted by molar-refractivity contribution is 7.85. The molecule has 0 amide bonds. The van der Waals surface area contributed by atoms with E-state index in [9.17, 15) is 12.8 Å². The second kappa shape index (κ2) is 10.1. The van der Waals surface area contributed by atoms with Crippen LogP contribution in [0.25, 0.3) is 10.9 Å². The number of benzene rings is 2. The van der Waals surface area contributed by atoms with Crippen LogP contribution in [0.2, 0.25) is 5.02 Å². The molecule has 0 aliphatic carbocycles. The Kier molecular flexibility index (Phi) is 7.47. The highest BCUT2D eigenvalue weighted by atomic mass is 35.5. The summed E-state index contributed by atoms with van der Waals surface area (Å²) < 4.78 is 51.2. The van der Waals surface area contributed by atoms with Gasteiger partial charge in [-0.05, 0) is 37.1 Å². The Labute approximate surface area is 184 Å². The lowest BCUT2D eigenvalue weighted by molar-refractivity contribution is 0.261. The first-order chi connectivity index (χ1) is 14.8. The number of hydrogen-bond acceptors (Lipinski definition) is 8. The van der Waals surface area contributed by atoms with Crippen LogP contribution < -0.4 is 14.8 Å². The lowest BCUT2D eigenvalue weighted by Crippen LogP contribution is -2.06. The van der Waals surface area contributed by atoms with Crippen LogP contribution in [0.3, 0.4) is 0 Å². The molecule has 0 saturated heterocycles. The van der Waals surface area contributed by atoms with Gasteiger partial charge in [0.15, 0.2) is 11.5 Å². The van der Waals surface area contributed by atoms with Crippen LogP contribution in [0.15, 0.2) is 36.7 Å². The van der Waals surface area contributed by atoms with Crippen LogP contribution in [0.5, 0.6) is 11.5 Å². The summed E-state index contributed by atoms with van der Waals surface area (Å²) in [5, 5.41) is 3.78. The molecule has 3 aromatic rings. The number of hydrogen-bond donors (Lipinski definition) is 1. The summed E-state index contributed by atoms with van der Waals surface area (Å²) in [4.78, 5) is 8.53. The minimum atomic E-state index is -3.44. The van der Waals surface area contributed by atoms with Crippen LogP contribution in [0, 0.1) is 5.82 Å². The van der Waals surface area contributed by atoms with Crippen molar-refractivity contribution in [3.8, 4) is 11.5 Å². The Hall–Kier alpha value is -2.69. The number of rotatable bonds is 10. The zero-order valence-electron chi connectivity index (χ0n) is 16.9. The van der Waals surface area contributed by atoms with Gasteiger partial charge in [-0.2, -0.15) is 8.42 Å². The second-order valence-corrected chi connectivity index (χ2v) is 8.63. The molecule has 0 unspecified atom stereocenters. The smallest absolute Gasteiger partial charge is 0.264 e. The van der Waals surface area contributed by atoms with Gasteiger partial charge in [0.2, 0.25) is 0 Å². The molecule has 1 aromatic heterocycles. The Morgan fingerprint density at radius 3 is 2.58 bits per heavy atom. The predicted octanol–water partition coefficient (Wildman–Crippen LogP) is 4.31. The third kappa shape index (κ3) is 6.39. The summed E-state index contributed by atoms with van der Waals surface area (Å²) in [5.74, 6) is 0.963. The Morgan fingerprint density at radius 2 is 1.87 bits per heavy atom. The average molecular weight is 470 g/mol. The first-order valence-corrected chi connectivity index (χ1v) is 11.5. The number of anilines is 2. The maximum absolute atomic E-state index is 13.4. The van der Waals surface area contributed by atoms with Crippen molar-refractivity contribution in [1.29, 1.82) is 0 Å². The number of aromatic nitrogens is 2. The van der Waals surface area contributed by atoms with Gasteiger partial charge in [0, 0.05) is 17.1 Å². The van der Waals surface area contributed by atoms with Crippen molar-refractivity contribution in [2.24, 2.45) is 0 Å². The van der Waals surface area contributed by atoms with Gasteiger partial charge >= 0.3 is 0 Å². The predicted molar refractivity (Wildman–Crippen MR) is 116 cm³/mol. The molecule has 0 radical (unpaired) electrons. The summed E-state index contributed by atoms with van der Waals surface area (Å²) >= 11 is 5.85. The number of halogens is 2. The first-order valence-electron chi connectivity index (χ1n) is 9.29. The lowest BCUT2D eigenvalue weighted by atomic mass is 10.2. The van der Waals surface area contributed by atoms with E-state index >= 15 is 0 Å². The molecule has 0 saturated carbocycles. The Balaban J connectivity index is 1.74. The number of unbranched alkanes of at least 4 members (excludes halogenated alkanes) is 1. The van der Waals surface area contributed by atoms with Crippen molar-refractivity contribution in [1.82, 2.24) is 9.97 Å². The highest BCUT2D eigenvalue weighted by Crippen LogP contribution is 2.35. The molecule has 3 rings (SSSR count). The summed E-state index contributed by atoms with van der Waals surface area (Å²) in [6, 6.07) is 7.75. The summed E-state index contributed by atoms with van der Waals surface area (Å²) in [6.45, 7) is 0.450. The van der Waals surface area contributed by atoms with Crippen LogP contribution in [0.4, 0.5) is 15.9 Å². The molecular weight excluding hydrogens is 449 g/mol. The van der Waals surface area contributed by atoms with Gasteiger partial charge in [0.1, 0.15) is 18.0 Å². The van der Waals surface area contributed by atoms with E-state index in [1.165, 1.54) is 25.6 Å². The second-order valence-electron chi connectivity index (χ2n) is 6.58. The van der Waals surface area contributed by atoms with E-state index in [1.54, 1.807) is 18.2 Å². The van der Waals surface area contributed by atoms with E-state index in [2.05, 4.69) is 15.3 Å². The molecule has 0 fully saturated rings. The standard InChI is InChI=1S/C20H21ClFN3O5S/c1-28-18-10-14-17(11-19(18)29-7-3-4-8-30-31(2,26)27)23-12-24-20(14)25-13-5-6-16(22)15(21)9-13/h5-6,9-12H,3-4,7-8H2,1-2H3,(H,23,24,25). The van der Waals surface area contributed by atoms with E-state index in [0.29, 0.717) is 53.4 Å². The van der Waals surface area contributed by atoms with E-state index < -0.39 is 15.9 Å². The molecule has 166 valence electrons. The third-order valence-electron chi connectivity index (χ3n) is 4.20. The molecule has 0 spiro atoms. The SMILES string of the molecule is COc1cc2c(Nc3ccc(F)c(Cl)c3)ncnc2cc1OCCCCOS(C)(=O)=O. The van der Waals surface area contributed by atoms with Gasteiger partial charge < -0.3 is 14.8 Å².